The highest BCUT2D eigenvalue weighted by Crippen LogP contribution is 2.47. The maximum Gasteiger partial charge on any atom is 0.244 e. The number of aromatic nitrogens is 5. The summed E-state index contributed by atoms with van der Waals surface area (Å²) in [5.41, 5.74) is 2.93. The fourth-order valence-electron chi connectivity index (χ4n) is 4.77. The molecule has 2 aliphatic heterocycles. The highest BCUT2D eigenvalue weighted by molar-refractivity contribution is 5.77. The number of carbonyl (C=O) groups excluding carboxylic acids is 1. The summed E-state index contributed by atoms with van der Waals surface area (Å²) >= 11 is 0. The van der Waals surface area contributed by atoms with Crippen molar-refractivity contribution in [2.45, 2.75) is 32.9 Å². The minimum Gasteiger partial charge on any atom is -0.340 e. The predicted molar refractivity (Wildman–Crippen MR) is 108 cm³/mol. The van der Waals surface area contributed by atoms with E-state index in [1.807, 2.05) is 36.9 Å². The van der Waals surface area contributed by atoms with Crippen LogP contribution in [0.2, 0.25) is 0 Å². The Kier molecular flexibility index (Phi) is 4.43. The molecule has 9 nitrogen and oxygen atoms in total. The van der Waals surface area contributed by atoms with E-state index in [0.29, 0.717) is 18.3 Å². The molecule has 3 aromatic rings. The van der Waals surface area contributed by atoms with Crippen molar-refractivity contribution >= 4 is 5.91 Å². The van der Waals surface area contributed by atoms with E-state index < -0.39 is 0 Å². The van der Waals surface area contributed by atoms with Gasteiger partial charge in [0.15, 0.2) is 0 Å². The third-order valence-corrected chi connectivity index (χ3v) is 6.20. The lowest BCUT2D eigenvalue weighted by atomic mass is 9.77. The zero-order chi connectivity index (χ0) is 20.9. The Morgan fingerprint density at radius 3 is 2.70 bits per heavy atom. The fourth-order valence-corrected chi connectivity index (χ4v) is 4.77. The summed E-state index contributed by atoms with van der Waals surface area (Å²) in [7, 11) is 2.08. The molecule has 30 heavy (non-hydrogen) atoms. The molecule has 5 heterocycles. The molecule has 0 radical (unpaired) electrons. The van der Waals surface area contributed by atoms with E-state index in [9.17, 15) is 4.79 Å². The van der Waals surface area contributed by atoms with Crippen molar-refractivity contribution in [3.05, 3.63) is 47.9 Å². The van der Waals surface area contributed by atoms with Crippen molar-refractivity contribution in [3.8, 4) is 11.4 Å². The topological polar surface area (TPSA) is 93.2 Å². The first-order valence-corrected chi connectivity index (χ1v) is 10.2. The largest absolute Gasteiger partial charge is 0.340 e. The molecular weight excluding hydrogens is 382 g/mol. The van der Waals surface area contributed by atoms with Crippen molar-refractivity contribution in [1.82, 2.24) is 34.7 Å². The normalized spacial score (nSPS) is 20.6. The van der Waals surface area contributed by atoms with Crippen LogP contribution >= 0.6 is 0 Å². The minimum absolute atomic E-state index is 0.0707. The molecule has 2 fully saturated rings. The maximum atomic E-state index is 12.7. The van der Waals surface area contributed by atoms with Gasteiger partial charge in [-0.05, 0) is 45.5 Å². The molecule has 3 aromatic heterocycles. The van der Waals surface area contributed by atoms with Gasteiger partial charge in [0.25, 0.3) is 0 Å². The van der Waals surface area contributed by atoms with Crippen LogP contribution in [0.15, 0.2) is 35.1 Å². The Morgan fingerprint density at radius 1 is 1.23 bits per heavy atom. The molecule has 9 heteroatoms. The molecule has 1 unspecified atom stereocenters. The molecule has 2 aliphatic rings. The van der Waals surface area contributed by atoms with Crippen molar-refractivity contribution in [3.63, 3.8) is 0 Å². The summed E-state index contributed by atoms with van der Waals surface area (Å²) in [6.07, 6.45) is 4.34. The van der Waals surface area contributed by atoms with Crippen LogP contribution < -0.4 is 0 Å². The first-order valence-electron chi connectivity index (χ1n) is 10.2. The third kappa shape index (κ3) is 3.28. The molecule has 1 atom stereocenters. The van der Waals surface area contributed by atoms with Crippen molar-refractivity contribution < 1.29 is 9.32 Å². The van der Waals surface area contributed by atoms with E-state index in [4.69, 9.17) is 4.52 Å². The molecular formula is C21H25N7O2. The maximum absolute atomic E-state index is 12.7. The minimum atomic E-state index is 0.0707. The second-order valence-corrected chi connectivity index (χ2v) is 8.66. The quantitative estimate of drug-likeness (QED) is 0.651. The van der Waals surface area contributed by atoms with E-state index in [0.717, 1.165) is 43.0 Å². The summed E-state index contributed by atoms with van der Waals surface area (Å²) in [6, 6.07) is 5.80. The number of nitrogens with zero attached hydrogens (tertiary/aromatic N) is 7. The molecule has 0 N–H and O–H groups in total. The van der Waals surface area contributed by atoms with Gasteiger partial charge in [0.05, 0.1) is 11.7 Å². The summed E-state index contributed by atoms with van der Waals surface area (Å²) in [6.45, 7) is 6.65. The number of hydrogen-bond acceptors (Lipinski definition) is 7. The lowest BCUT2D eigenvalue weighted by Gasteiger charge is -2.48. The summed E-state index contributed by atoms with van der Waals surface area (Å²) in [4.78, 5) is 25.5. The van der Waals surface area contributed by atoms with E-state index in [-0.39, 0.29) is 17.4 Å². The number of rotatable bonds is 4. The van der Waals surface area contributed by atoms with Gasteiger partial charge < -0.3 is 9.42 Å². The predicted octanol–water partition coefficient (Wildman–Crippen LogP) is 1.85. The highest BCUT2D eigenvalue weighted by Gasteiger charge is 2.53. The van der Waals surface area contributed by atoms with Gasteiger partial charge in [0.2, 0.25) is 17.6 Å². The van der Waals surface area contributed by atoms with Crippen LogP contribution in [0, 0.1) is 19.3 Å². The molecule has 5 rings (SSSR count). The molecule has 0 aromatic carbocycles. The van der Waals surface area contributed by atoms with E-state index in [1.54, 1.807) is 17.1 Å². The van der Waals surface area contributed by atoms with Gasteiger partial charge in [-0.1, -0.05) is 5.16 Å². The lowest BCUT2D eigenvalue weighted by molar-refractivity contribution is -0.143. The Balaban J connectivity index is 1.23. The Hall–Kier alpha value is -3.07. The standard InChI is InChI=1S/C21H25N7O2/c1-14-8-15(2)28(24-14)10-18(29)27-12-21(13-27)9-17(26(3)11-21)20-23-19(25-30-20)16-4-6-22-7-5-16/h4-8,17H,9-13H2,1-3H3. The van der Waals surface area contributed by atoms with Crippen LogP contribution in [0.25, 0.3) is 11.4 Å². The first kappa shape index (κ1) is 18.9. The number of amides is 1. The van der Waals surface area contributed by atoms with Crippen LogP contribution in [0.3, 0.4) is 0 Å². The van der Waals surface area contributed by atoms with Crippen LogP contribution in [-0.4, -0.2) is 67.3 Å². The summed E-state index contributed by atoms with van der Waals surface area (Å²) in [5, 5.41) is 8.54. The molecule has 1 spiro atoms. The van der Waals surface area contributed by atoms with Crippen molar-refractivity contribution in [1.29, 1.82) is 0 Å². The number of hydrogen-bond donors (Lipinski definition) is 0. The van der Waals surface area contributed by atoms with E-state index in [2.05, 4.69) is 32.2 Å². The first-order chi connectivity index (χ1) is 14.4. The van der Waals surface area contributed by atoms with Gasteiger partial charge in [-0.2, -0.15) is 10.1 Å². The van der Waals surface area contributed by atoms with Gasteiger partial charge in [0, 0.05) is 48.7 Å². The molecule has 156 valence electrons. The molecule has 0 saturated carbocycles. The summed E-state index contributed by atoms with van der Waals surface area (Å²) in [5.74, 6) is 1.33. The third-order valence-electron chi connectivity index (χ3n) is 6.20. The van der Waals surface area contributed by atoms with E-state index >= 15 is 0 Å². The zero-order valence-electron chi connectivity index (χ0n) is 17.4. The van der Waals surface area contributed by atoms with Crippen LogP contribution in [-0.2, 0) is 11.3 Å². The van der Waals surface area contributed by atoms with Gasteiger partial charge in [-0.3, -0.25) is 19.4 Å². The van der Waals surface area contributed by atoms with Gasteiger partial charge in [0.1, 0.15) is 6.54 Å². The van der Waals surface area contributed by atoms with Crippen molar-refractivity contribution in [2.75, 3.05) is 26.7 Å². The van der Waals surface area contributed by atoms with Crippen LogP contribution in [0.5, 0.6) is 0 Å². The summed E-state index contributed by atoms with van der Waals surface area (Å²) < 4.78 is 7.37. The fraction of sp³-hybridized carbons (Fsp3) is 0.476. The highest BCUT2D eigenvalue weighted by atomic mass is 16.5. The molecule has 1 amide bonds. The number of aryl methyl sites for hydroxylation is 2. The average Bonchev–Trinajstić information content (AvgIpc) is 3.39. The lowest BCUT2D eigenvalue weighted by Crippen LogP contribution is -2.60. The molecule has 0 aliphatic carbocycles. The number of pyridine rings is 1. The zero-order valence-corrected chi connectivity index (χ0v) is 17.4. The smallest absolute Gasteiger partial charge is 0.244 e. The molecule has 2 saturated heterocycles. The number of carbonyl (C=O) groups is 1. The Labute approximate surface area is 174 Å². The van der Waals surface area contributed by atoms with E-state index in [1.165, 1.54) is 0 Å². The van der Waals surface area contributed by atoms with Gasteiger partial charge in [-0.15, -0.1) is 0 Å². The monoisotopic (exact) mass is 407 g/mol. The second-order valence-electron chi connectivity index (χ2n) is 8.66. The van der Waals surface area contributed by atoms with Gasteiger partial charge >= 0.3 is 0 Å². The SMILES string of the molecule is Cc1cc(C)n(CC(=O)N2CC3(CC(c4nc(-c5ccncc5)no4)N(C)C3)C2)n1. The van der Waals surface area contributed by atoms with Gasteiger partial charge in [-0.25, -0.2) is 0 Å². The Bertz CT molecular complexity index is 1070. The number of likely N-dealkylation sites (tertiary alicyclic amines) is 2. The molecule has 0 bridgehead atoms. The van der Waals surface area contributed by atoms with Crippen LogP contribution in [0.1, 0.15) is 29.7 Å². The van der Waals surface area contributed by atoms with Crippen molar-refractivity contribution in [2.24, 2.45) is 5.41 Å². The second kappa shape index (κ2) is 7.02. The Morgan fingerprint density at radius 2 is 2.00 bits per heavy atom. The van der Waals surface area contributed by atoms with Crippen LogP contribution in [0.4, 0.5) is 0 Å². The average molecular weight is 407 g/mol.